The molecule has 3 nitrogen and oxygen atoms in total. The second-order valence-corrected chi connectivity index (χ2v) is 3.54. The van der Waals surface area contributed by atoms with Crippen LogP contribution in [0.4, 0.5) is 0 Å². The van der Waals surface area contributed by atoms with Gasteiger partial charge in [-0.25, -0.2) is 0 Å². The average Bonchev–Trinajstić information content (AvgIpc) is 2.43. The van der Waals surface area contributed by atoms with Gasteiger partial charge in [0.1, 0.15) is 5.75 Å². The maximum atomic E-state index is 9.71. The van der Waals surface area contributed by atoms with Crippen molar-refractivity contribution in [1.82, 2.24) is 5.32 Å². The lowest BCUT2D eigenvalue weighted by atomic mass is 10.1. The zero-order valence-corrected chi connectivity index (χ0v) is 8.70. The number of rotatable bonds is 1. The van der Waals surface area contributed by atoms with Crippen molar-refractivity contribution in [3.8, 4) is 5.75 Å². The maximum absolute atomic E-state index is 9.71. The Labute approximate surface area is 89.2 Å². The summed E-state index contributed by atoms with van der Waals surface area (Å²) in [4.78, 5) is 4.42. The Kier molecular flexibility index (Phi) is 2.72. The maximum Gasteiger partial charge on any atom is 0.124 e. The minimum Gasteiger partial charge on any atom is -0.507 e. The Morgan fingerprint density at radius 1 is 1.33 bits per heavy atom. The highest BCUT2D eigenvalue weighted by Crippen LogP contribution is 2.18. The first-order valence-corrected chi connectivity index (χ1v) is 5.02. The molecule has 0 aliphatic carbocycles. The molecule has 0 amide bonds. The molecule has 78 valence electrons. The van der Waals surface area contributed by atoms with Crippen LogP contribution in [0.1, 0.15) is 12.5 Å². The molecule has 0 unspecified atom stereocenters. The summed E-state index contributed by atoms with van der Waals surface area (Å²) in [6.07, 6.45) is 1.96. The number of hydrogen-bond donors (Lipinski definition) is 2. The van der Waals surface area contributed by atoms with Gasteiger partial charge in [-0.1, -0.05) is 12.1 Å². The van der Waals surface area contributed by atoms with Crippen LogP contribution < -0.4 is 5.32 Å². The quantitative estimate of drug-likeness (QED) is 0.727. The van der Waals surface area contributed by atoms with Crippen molar-refractivity contribution in [1.29, 1.82) is 0 Å². The monoisotopic (exact) mass is 202 g/mol. The molecule has 3 heteroatoms. The molecule has 1 aromatic carbocycles. The molecule has 0 fully saturated rings. The van der Waals surface area contributed by atoms with Crippen LogP contribution in [-0.4, -0.2) is 23.9 Å². The molecule has 15 heavy (non-hydrogen) atoms. The number of nitrogens with one attached hydrogen (secondary N) is 1. The number of allylic oxidation sites excluding steroid dienone is 2. The number of aromatic hydroxyl groups is 1. The summed E-state index contributed by atoms with van der Waals surface area (Å²) in [6.45, 7) is 3.58. The van der Waals surface area contributed by atoms with Crippen molar-refractivity contribution in [3.63, 3.8) is 0 Å². The molecular formula is C12H14N2O. The van der Waals surface area contributed by atoms with Gasteiger partial charge in [0, 0.05) is 17.8 Å². The second kappa shape index (κ2) is 4.17. The number of phenols is 1. The molecule has 0 saturated heterocycles. The highest BCUT2D eigenvalue weighted by atomic mass is 16.3. The molecule has 1 heterocycles. The summed E-state index contributed by atoms with van der Waals surface area (Å²) in [6, 6.07) is 7.27. The van der Waals surface area contributed by atoms with Gasteiger partial charge in [-0.15, -0.1) is 0 Å². The Balaban J connectivity index is 2.41. The Morgan fingerprint density at radius 3 is 2.93 bits per heavy atom. The van der Waals surface area contributed by atoms with Gasteiger partial charge in [-0.3, -0.25) is 4.99 Å². The van der Waals surface area contributed by atoms with Crippen molar-refractivity contribution < 1.29 is 5.11 Å². The lowest BCUT2D eigenvalue weighted by Gasteiger charge is -2.03. The van der Waals surface area contributed by atoms with Gasteiger partial charge in [0.05, 0.1) is 12.3 Å². The van der Waals surface area contributed by atoms with Crippen molar-refractivity contribution in [2.24, 2.45) is 4.99 Å². The average molecular weight is 202 g/mol. The number of phenolic OH excluding ortho intramolecular Hbond substituents is 1. The zero-order valence-electron chi connectivity index (χ0n) is 8.70. The van der Waals surface area contributed by atoms with E-state index in [1.165, 1.54) is 0 Å². The molecule has 0 bridgehead atoms. The van der Waals surface area contributed by atoms with Crippen LogP contribution in [0.15, 0.2) is 41.0 Å². The fourth-order valence-electron chi connectivity index (χ4n) is 1.58. The molecule has 0 spiro atoms. The van der Waals surface area contributed by atoms with Gasteiger partial charge < -0.3 is 10.4 Å². The minimum atomic E-state index is 0.280. The second-order valence-electron chi connectivity index (χ2n) is 3.54. The summed E-state index contributed by atoms with van der Waals surface area (Å²) in [5, 5.41) is 12.9. The van der Waals surface area contributed by atoms with E-state index in [1.54, 1.807) is 6.07 Å². The van der Waals surface area contributed by atoms with Gasteiger partial charge >= 0.3 is 0 Å². The minimum absolute atomic E-state index is 0.280. The SMILES string of the molecule is CC1=CC(c2ccccc2O)=NCCN1. The van der Waals surface area contributed by atoms with E-state index in [1.807, 2.05) is 31.2 Å². The third-order valence-corrected chi connectivity index (χ3v) is 2.33. The van der Waals surface area contributed by atoms with Gasteiger partial charge in [-0.2, -0.15) is 0 Å². The molecule has 0 saturated carbocycles. The first kappa shape index (κ1) is 9.77. The van der Waals surface area contributed by atoms with E-state index in [-0.39, 0.29) is 5.75 Å². The predicted molar refractivity (Wildman–Crippen MR) is 61.3 cm³/mol. The lowest BCUT2D eigenvalue weighted by molar-refractivity contribution is 0.474. The molecule has 0 atom stereocenters. The van der Waals surface area contributed by atoms with Crippen LogP contribution in [0.5, 0.6) is 5.75 Å². The molecule has 2 N–H and O–H groups in total. The van der Waals surface area contributed by atoms with Crippen LogP contribution in [-0.2, 0) is 0 Å². The van der Waals surface area contributed by atoms with Crippen LogP contribution in [0.2, 0.25) is 0 Å². The highest BCUT2D eigenvalue weighted by Gasteiger charge is 2.07. The van der Waals surface area contributed by atoms with Gasteiger partial charge in [0.25, 0.3) is 0 Å². The summed E-state index contributed by atoms with van der Waals surface area (Å²) < 4.78 is 0. The first-order chi connectivity index (χ1) is 7.27. The van der Waals surface area contributed by atoms with Gasteiger partial charge in [-0.05, 0) is 25.1 Å². The Hall–Kier alpha value is -1.77. The van der Waals surface area contributed by atoms with Crippen molar-refractivity contribution in [2.75, 3.05) is 13.1 Å². The van der Waals surface area contributed by atoms with Crippen molar-refractivity contribution >= 4 is 5.71 Å². The van der Waals surface area contributed by atoms with Gasteiger partial charge in [0.15, 0.2) is 0 Å². The van der Waals surface area contributed by atoms with Crippen LogP contribution in [0.25, 0.3) is 0 Å². The smallest absolute Gasteiger partial charge is 0.124 e. The van der Waals surface area contributed by atoms with E-state index in [9.17, 15) is 5.11 Å². The van der Waals surface area contributed by atoms with Crippen molar-refractivity contribution in [2.45, 2.75) is 6.92 Å². The van der Waals surface area contributed by atoms with Crippen LogP contribution in [0, 0.1) is 0 Å². The van der Waals surface area contributed by atoms with E-state index in [4.69, 9.17) is 0 Å². The topological polar surface area (TPSA) is 44.6 Å². The van der Waals surface area contributed by atoms with E-state index >= 15 is 0 Å². The fraction of sp³-hybridized carbons (Fsp3) is 0.250. The number of benzene rings is 1. The zero-order chi connectivity index (χ0) is 10.7. The lowest BCUT2D eigenvalue weighted by Crippen LogP contribution is -2.13. The number of hydrogen-bond acceptors (Lipinski definition) is 3. The van der Waals surface area contributed by atoms with E-state index in [2.05, 4.69) is 10.3 Å². The molecular weight excluding hydrogens is 188 g/mol. The number of nitrogens with zero attached hydrogens (tertiary/aromatic N) is 1. The van der Waals surface area contributed by atoms with E-state index < -0.39 is 0 Å². The summed E-state index contributed by atoms with van der Waals surface area (Å²) in [7, 11) is 0. The van der Waals surface area contributed by atoms with E-state index in [0.29, 0.717) is 0 Å². The largest absolute Gasteiger partial charge is 0.507 e. The molecule has 0 aromatic heterocycles. The molecule has 2 rings (SSSR count). The fourth-order valence-corrected chi connectivity index (χ4v) is 1.58. The Morgan fingerprint density at radius 2 is 2.13 bits per heavy atom. The van der Waals surface area contributed by atoms with E-state index in [0.717, 1.165) is 30.1 Å². The third kappa shape index (κ3) is 2.18. The summed E-state index contributed by atoms with van der Waals surface area (Å²) in [5.41, 5.74) is 2.71. The van der Waals surface area contributed by atoms with Crippen LogP contribution >= 0.6 is 0 Å². The number of para-hydroxylation sites is 1. The predicted octanol–water partition coefficient (Wildman–Crippen LogP) is 1.69. The molecule has 1 aromatic rings. The normalized spacial score (nSPS) is 16.1. The van der Waals surface area contributed by atoms with Crippen molar-refractivity contribution in [3.05, 3.63) is 41.6 Å². The highest BCUT2D eigenvalue weighted by molar-refractivity contribution is 6.10. The first-order valence-electron chi connectivity index (χ1n) is 5.02. The Bertz CT molecular complexity index is 421. The van der Waals surface area contributed by atoms with Gasteiger partial charge in [0.2, 0.25) is 0 Å². The molecule has 1 aliphatic rings. The summed E-state index contributed by atoms with van der Waals surface area (Å²) in [5.74, 6) is 0.280. The number of aliphatic imine (C=N–C) groups is 1. The van der Waals surface area contributed by atoms with Crippen LogP contribution in [0.3, 0.4) is 0 Å². The molecule has 0 radical (unpaired) electrons. The third-order valence-electron chi connectivity index (χ3n) is 2.33. The summed E-state index contributed by atoms with van der Waals surface area (Å²) >= 11 is 0. The molecule has 1 aliphatic heterocycles. The standard InChI is InChI=1S/C12H14N2O/c1-9-8-11(14-7-6-13-9)10-4-2-3-5-12(10)15/h2-5,8,13,15H,6-7H2,1H3.